The number of amides is 1. The predicted molar refractivity (Wildman–Crippen MR) is 46.6 cm³/mol. The standard InChI is InChI=1S/C9H14N2O2/c1-7(12)8-3-2-6-11(8)9(13)4-5-10/h7-8,12H,2-4,6H2,1H3. The number of likely N-dealkylation sites (tertiary alicyclic amines) is 1. The Balaban J connectivity index is 2.58. The molecule has 2 unspecified atom stereocenters. The third-order valence-corrected chi connectivity index (χ3v) is 2.41. The third kappa shape index (κ3) is 2.19. The summed E-state index contributed by atoms with van der Waals surface area (Å²) in [5.74, 6) is -0.161. The molecular formula is C9H14N2O2. The summed E-state index contributed by atoms with van der Waals surface area (Å²) in [7, 11) is 0. The molecule has 4 nitrogen and oxygen atoms in total. The lowest BCUT2D eigenvalue weighted by atomic mass is 10.1. The number of carbonyl (C=O) groups is 1. The van der Waals surface area contributed by atoms with Crippen LogP contribution in [0.2, 0.25) is 0 Å². The number of nitriles is 1. The normalized spacial score (nSPS) is 24.1. The van der Waals surface area contributed by atoms with Gasteiger partial charge >= 0.3 is 0 Å². The molecule has 0 aromatic carbocycles. The van der Waals surface area contributed by atoms with Crippen molar-refractivity contribution in [2.24, 2.45) is 0 Å². The Morgan fingerprint density at radius 1 is 1.85 bits per heavy atom. The second-order valence-corrected chi connectivity index (χ2v) is 3.37. The molecule has 1 aliphatic rings. The van der Waals surface area contributed by atoms with E-state index in [0.717, 1.165) is 12.8 Å². The van der Waals surface area contributed by atoms with Gasteiger partial charge in [0.05, 0.1) is 18.2 Å². The molecule has 2 atom stereocenters. The monoisotopic (exact) mass is 182 g/mol. The van der Waals surface area contributed by atoms with Crippen molar-refractivity contribution in [1.29, 1.82) is 5.26 Å². The van der Waals surface area contributed by atoms with Gasteiger partial charge in [0, 0.05) is 6.54 Å². The third-order valence-electron chi connectivity index (χ3n) is 2.41. The van der Waals surface area contributed by atoms with Crippen molar-refractivity contribution in [2.75, 3.05) is 6.54 Å². The molecule has 0 aromatic rings. The van der Waals surface area contributed by atoms with E-state index < -0.39 is 6.10 Å². The maximum Gasteiger partial charge on any atom is 0.237 e. The minimum atomic E-state index is -0.495. The molecule has 1 saturated heterocycles. The number of hydrogen-bond donors (Lipinski definition) is 1. The van der Waals surface area contributed by atoms with Gasteiger partial charge in [-0.1, -0.05) is 0 Å². The van der Waals surface area contributed by atoms with E-state index >= 15 is 0 Å². The van der Waals surface area contributed by atoms with E-state index in [4.69, 9.17) is 5.26 Å². The van der Waals surface area contributed by atoms with Crippen LogP contribution in [0.4, 0.5) is 0 Å². The Morgan fingerprint density at radius 3 is 3.08 bits per heavy atom. The van der Waals surface area contributed by atoms with Crippen molar-refractivity contribution in [2.45, 2.75) is 38.3 Å². The van der Waals surface area contributed by atoms with Gasteiger partial charge in [-0.15, -0.1) is 0 Å². The minimum Gasteiger partial charge on any atom is -0.391 e. The lowest BCUT2D eigenvalue weighted by Crippen LogP contribution is -2.41. The summed E-state index contributed by atoms with van der Waals surface area (Å²) >= 11 is 0. The average molecular weight is 182 g/mol. The molecule has 4 heteroatoms. The molecule has 1 rings (SSSR count). The maximum atomic E-state index is 11.4. The topological polar surface area (TPSA) is 64.3 Å². The molecule has 0 radical (unpaired) electrons. The van der Waals surface area contributed by atoms with Gasteiger partial charge in [-0.2, -0.15) is 5.26 Å². The largest absolute Gasteiger partial charge is 0.391 e. The summed E-state index contributed by atoms with van der Waals surface area (Å²) in [6, 6.07) is 1.75. The van der Waals surface area contributed by atoms with Crippen molar-refractivity contribution in [3.63, 3.8) is 0 Å². The Labute approximate surface area is 77.8 Å². The minimum absolute atomic E-state index is 0.0801. The van der Waals surface area contributed by atoms with E-state index in [1.165, 1.54) is 0 Å². The summed E-state index contributed by atoms with van der Waals surface area (Å²) < 4.78 is 0. The molecule has 1 aliphatic heterocycles. The van der Waals surface area contributed by atoms with Crippen molar-refractivity contribution in [3.8, 4) is 6.07 Å². The van der Waals surface area contributed by atoms with Gasteiger partial charge < -0.3 is 10.0 Å². The van der Waals surface area contributed by atoms with Crippen LogP contribution in [0.1, 0.15) is 26.2 Å². The summed E-state index contributed by atoms with van der Waals surface area (Å²) in [6.45, 7) is 2.36. The fourth-order valence-electron chi connectivity index (χ4n) is 1.77. The Bertz CT molecular complexity index is 232. The number of aliphatic hydroxyl groups excluding tert-OH is 1. The SMILES string of the molecule is CC(O)C1CCCN1C(=O)CC#N. The van der Waals surface area contributed by atoms with Crippen LogP contribution >= 0.6 is 0 Å². The first-order valence-electron chi connectivity index (χ1n) is 4.51. The number of aliphatic hydroxyl groups is 1. The van der Waals surface area contributed by atoms with Crippen LogP contribution in [-0.2, 0) is 4.79 Å². The molecule has 1 N–H and O–H groups in total. The smallest absolute Gasteiger partial charge is 0.237 e. The molecule has 13 heavy (non-hydrogen) atoms. The summed E-state index contributed by atoms with van der Waals surface area (Å²) in [5, 5.41) is 17.7. The van der Waals surface area contributed by atoms with E-state index in [1.807, 2.05) is 6.07 Å². The summed E-state index contributed by atoms with van der Waals surface area (Å²) in [4.78, 5) is 13.0. The lowest BCUT2D eigenvalue weighted by molar-refractivity contribution is -0.132. The van der Waals surface area contributed by atoms with Gasteiger partial charge in [-0.25, -0.2) is 0 Å². The predicted octanol–water partition coefficient (Wildman–Crippen LogP) is 0.272. The highest BCUT2D eigenvalue weighted by Gasteiger charge is 2.31. The van der Waals surface area contributed by atoms with Crippen LogP contribution in [0.3, 0.4) is 0 Å². The van der Waals surface area contributed by atoms with Crippen LogP contribution < -0.4 is 0 Å². The van der Waals surface area contributed by atoms with Gasteiger partial charge in [0.1, 0.15) is 6.42 Å². The summed E-state index contributed by atoms with van der Waals surface area (Å²) in [5.41, 5.74) is 0. The van der Waals surface area contributed by atoms with E-state index in [9.17, 15) is 9.90 Å². The van der Waals surface area contributed by atoms with Crippen molar-refractivity contribution in [3.05, 3.63) is 0 Å². The number of carbonyl (C=O) groups excluding carboxylic acids is 1. The maximum absolute atomic E-state index is 11.4. The van der Waals surface area contributed by atoms with E-state index in [1.54, 1.807) is 11.8 Å². The molecule has 0 aromatic heterocycles. The number of hydrogen-bond acceptors (Lipinski definition) is 3. The zero-order valence-corrected chi connectivity index (χ0v) is 7.73. The molecule has 0 saturated carbocycles. The molecule has 1 amide bonds. The number of rotatable bonds is 2. The van der Waals surface area contributed by atoms with Crippen LogP contribution in [0.5, 0.6) is 0 Å². The molecule has 72 valence electrons. The van der Waals surface area contributed by atoms with Gasteiger partial charge in [0.25, 0.3) is 0 Å². The molecule has 1 heterocycles. The molecular weight excluding hydrogens is 168 g/mol. The molecule has 1 fully saturated rings. The van der Waals surface area contributed by atoms with Crippen LogP contribution in [0.15, 0.2) is 0 Å². The zero-order chi connectivity index (χ0) is 9.84. The van der Waals surface area contributed by atoms with Gasteiger partial charge in [-0.3, -0.25) is 4.79 Å². The zero-order valence-electron chi connectivity index (χ0n) is 7.73. The second kappa shape index (κ2) is 4.24. The Kier molecular flexibility index (Phi) is 3.26. The van der Waals surface area contributed by atoms with Gasteiger partial charge in [-0.05, 0) is 19.8 Å². The second-order valence-electron chi connectivity index (χ2n) is 3.37. The molecule has 0 aliphatic carbocycles. The van der Waals surface area contributed by atoms with E-state index in [0.29, 0.717) is 6.54 Å². The van der Waals surface area contributed by atoms with Crippen molar-refractivity contribution >= 4 is 5.91 Å². The Morgan fingerprint density at radius 2 is 2.54 bits per heavy atom. The highest BCUT2D eigenvalue weighted by molar-refractivity contribution is 5.78. The molecule has 0 bridgehead atoms. The van der Waals surface area contributed by atoms with Gasteiger partial charge in [0.2, 0.25) is 5.91 Å². The van der Waals surface area contributed by atoms with Crippen molar-refractivity contribution < 1.29 is 9.90 Å². The van der Waals surface area contributed by atoms with Crippen LogP contribution in [0.25, 0.3) is 0 Å². The van der Waals surface area contributed by atoms with Gasteiger partial charge in [0.15, 0.2) is 0 Å². The number of nitrogens with zero attached hydrogens (tertiary/aromatic N) is 2. The quantitative estimate of drug-likeness (QED) is 0.666. The fraction of sp³-hybridized carbons (Fsp3) is 0.778. The average Bonchev–Trinajstić information content (AvgIpc) is 2.52. The first-order valence-corrected chi connectivity index (χ1v) is 4.51. The first-order chi connectivity index (χ1) is 6.16. The first kappa shape index (κ1) is 10.0. The van der Waals surface area contributed by atoms with E-state index in [2.05, 4.69) is 0 Å². The fourth-order valence-corrected chi connectivity index (χ4v) is 1.77. The molecule has 0 spiro atoms. The van der Waals surface area contributed by atoms with Crippen molar-refractivity contribution in [1.82, 2.24) is 4.90 Å². The van der Waals surface area contributed by atoms with Crippen LogP contribution in [-0.4, -0.2) is 34.6 Å². The summed E-state index contributed by atoms with van der Waals surface area (Å²) in [6.07, 6.45) is 1.19. The lowest BCUT2D eigenvalue weighted by Gasteiger charge is -2.25. The Hall–Kier alpha value is -1.08. The highest BCUT2D eigenvalue weighted by Crippen LogP contribution is 2.20. The van der Waals surface area contributed by atoms with E-state index in [-0.39, 0.29) is 18.4 Å². The highest BCUT2D eigenvalue weighted by atomic mass is 16.3. The van der Waals surface area contributed by atoms with Crippen LogP contribution in [0, 0.1) is 11.3 Å².